The number of ether oxygens (including phenoxy) is 1. The van der Waals surface area contributed by atoms with Crippen LogP contribution in [-0.2, 0) is 30.4 Å². The van der Waals surface area contributed by atoms with Crippen LogP contribution in [0.2, 0.25) is 0 Å². The lowest BCUT2D eigenvalue weighted by molar-refractivity contribution is 0.0522. The standard InChI is InChI=1S/C19H25N3O3.C17H21N3O3/c1-4-16-17(18(24)25-5-2)13(3)21-19(22-16)20-11-7-9-14-8-6-10-15(23)12-14;1-3-14-15(16(22)23)11(2)19-17(20-14)18-9-5-7-12-6-4-8-13(21)10-12/h6,8,10,12,23H,4-5,7,9,11H2,1-3H3,(H,20,21,22);4,6,8,10,21H,3,5,7,9H2,1-2H3,(H,22,23)(H,18,19,20). The van der Waals surface area contributed by atoms with E-state index in [4.69, 9.17) is 4.74 Å². The van der Waals surface area contributed by atoms with Gasteiger partial charge in [-0.15, -0.1) is 0 Å². The highest BCUT2D eigenvalue weighted by atomic mass is 16.5. The zero-order chi connectivity index (χ0) is 35.1. The number of carboxylic acid groups (broad SMARTS) is 1. The van der Waals surface area contributed by atoms with E-state index in [1.54, 1.807) is 45.0 Å². The lowest BCUT2D eigenvalue weighted by Crippen LogP contribution is -2.16. The number of carbonyl (C=O) groups excluding carboxylic acids is 1. The molecule has 0 aliphatic carbocycles. The van der Waals surface area contributed by atoms with E-state index in [1.165, 1.54) is 0 Å². The summed E-state index contributed by atoms with van der Waals surface area (Å²) in [5, 5.41) is 34.4. The van der Waals surface area contributed by atoms with Crippen LogP contribution in [0.3, 0.4) is 0 Å². The number of phenolic OH excluding ortho intramolecular Hbond substituents is 2. The molecule has 0 bridgehead atoms. The topological polar surface area (TPSA) is 180 Å². The van der Waals surface area contributed by atoms with Gasteiger partial charge in [0.05, 0.1) is 29.4 Å². The van der Waals surface area contributed by atoms with Crippen molar-refractivity contribution < 1.29 is 29.6 Å². The Bertz CT molecular complexity index is 1680. The maximum atomic E-state index is 12.1. The third-order valence-corrected chi connectivity index (χ3v) is 7.36. The summed E-state index contributed by atoms with van der Waals surface area (Å²) in [6.07, 6.45) is 4.59. The van der Waals surface area contributed by atoms with Crippen LogP contribution >= 0.6 is 0 Å². The van der Waals surface area contributed by atoms with Crippen molar-refractivity contribution in [2.75, 3.05) is 30.3 Å². The Morgan fingerprint density at radius 2 is 1.17 bits per heavy atom. The molecule has 0 saturated heterocycles. The Morgan fingerprint density at radius 1 is 0.708 bits per heavy atom. The molecular formula is C36H46N6O6. The van der Waals surface area contributed by atoms with Crippen molar-refractivity contribution in [2.45, 2.75) is 73.1 Å². The molecule has 0 fully saturated rings. The van der Waals surface area contributed by atoms with Gasteiger partial charge in [0.2, 0.25) is 11.9 Å². The molecule has 0 spiro atoms. The van der Waals surface area contributed by atoms with Crippen molar-refractivity contribution in [3.8, 4) is 11.5 Å². The fourth-order valence-electron chi connectivity index (χ4n) is 5.09. The van der Waals surface area contributed by atoms with Crippen LogP contribution in [0.15, 0.2) is 48.5 Å². The number of hydrogen-bond acceptors (Lipinski definition) is 11. The molecule has 256 valence electrons. The highest BCUT2D eigenvalue weighted by Crippen LogP contribution is 2.18. The third-order valence-electron chi connectivity index (χ3n) is 7.36. The zero-order valence-electron chi connectivity index (χ0n) is 28.3. The largest absolute Gasteiger partial charge is 0.508 e. The minimum atomic E-state index is -0.991. The van der Waals surface area contributed by atoms with Gasteiger partial charge in [-0.3, -0.25) is 0 Å². The number of aromatic hydroxyl groups is 2. The molecule has 12 heteroatoms. The first-order chi connectivity index (χ1) is 23.1. The van der Waals surface area contributed by atoms with E-state index in [-0.39, 0.29) is 23.0 Å². The molecule has 2 aromatic carbocycles. The number of rotatable bonds is 15. The lowest BCUT2D eigenvalue weighted by Gasteiger charge is -2.12. The molecule has 2 heterocycles. The van der Waals surface area contributed by atoms with Crippen LogP contribution in [0, 0.1) is 13.8 Å². The molecule has 0 saturated carbocycles. The van der Waals surface area contributed by atoms with Gasteiger partial charge >= 0.3 is 11.9 Å². The second-order valence-electron chi connectivity index (χ2n) is 11.0. The molecule has 0 radical (unpaired) electrons. The van der Waals surface area contributed by atoms with Crippen molar-refractivity contribution in [1.29, 1.82) is 0 Å². The van der Waals surface area contributed by atoms with Crippen LogP contribution in [0.4, 0.5) is 11.9 Å². The van der Waals surface area contributed by atoms with Gasteiger partial charge in [-0.1, -0.05) is 38.1 Å². The second-order valence-corrected chi connectivity index (χ2v) is 11.0. The highest BCUT2D eigenvalue weighted by molar-refractivity contribution is 5.92. The van der Waals surface area contributed by atoms with Gasteiger partial charge in [-0.2, -0.15) is 0 Å². The summed E-state index contributed by atoms with van der Waals surface area (Å²) in [6.45, 7) is 10.8. The minimum Gasteiger partial charge on any atom is -0.508 e. The third kappa shape index (κ3) is 11.2. The monoisotopic (exact) mass is 658 g/mol. The summed E-state index contributed by atoms with van der Waals surface area (Å²) < 4.78 is 5.09. The quantitative estimate of drug-likeness (QED) is 0.0736. The summed E-state index contributed by atoms with van der Waals surface area (Å²) in [5.74, 6) is 0.179. The molecule has 0 aliphatic rings. The summed E-state index contributed by atoms with van der Waals surface area (Å²) in [4.78, 5) is 40.6. The predicted molar refractivity (Wildman–Crippen MR) is 185 cm³/mol. The Morgan fingerprint density at radius 3 is 1.58 bits per heavy atom. The number of aromatic nitrogens is 4. The molecule has 0 aliphatic heterocycles. The number of nitrogens with one attached hydrogen (secondary N) is 2. The van der Waals surface area contributed by atoms with Crippen molar-refractivity contribution in [1.82, 2.24) is 19.9 Å². The summed E-state index contributed by atoms with van der Waals surface area (Å²) >= 11 is 0. The molecule has 0 unspecified atom stereocenters. The fourth-order valence-corrected chi connectivity index (χ4v) is 5.09. The molecule has 0 atom stereocenters. The first-order valence-corrected chi connectivity index (χ1v) is 16.2. The van der Waals surface area contributed by atoms with Gasteiger partial charge in [0.15, 0.2) is 0 Å². The van der Waals surface area contributed by atoms with Crippen LogP contribution in [0.25, 0.3) is 0 Å². The number of phenols is 2. The SMILES string of the molecule is CCOC(=O)c1c(C)nc(NCCCc2cccc(O)c2)nc1CC.CCc1nc(NCCCc2cccc(O)c2)nc(C)c1C(=O)O. The number of esters is 1. The van der Waals surface area contributed by atoms with Gasteiger partial charge in [0.1, 0.15) is 22.6 Å². The van der Waals surface area contributed by atoms with Crippen LogP contribution in [-0.4, -0.2) is 66.9 Å². The van der Waals surface area contributed by atoms with Crippen LogP contribution in [0.1, 0.15) is 88.2 Å². The Hall–Kier alpha value is -5.26. The lowest BCUT2D eigenvalue weighted by atomic mass is 10.1. The van der Waals surface area contributed by atoms with Gasteiger partial charge in [-0.25, -0.2) is 29.5 Å². The number of benzene rings is 2. The minimum absolute atomic E-state index is 0.192. The molecule has 2 aromatic heterocycles. The number of hydrogen-bond donors (Lipinski definition) is 5. The number of aromatic carboxylic acids is 1. The van der Waals surface area contributed by atoms with Crippen molar-refractivity contribution in [2.24, 2.45) is 0 Å². The van der Waals surface area contributed by atoms with E-state index in [0.29, 0.717) is 72.8 Å². The Labute approximate surface area is 281 Å². The fraction of sp³-hybridized carbons (Fsp3) is 0.389. The number of carbonyl (C=O) groups is 2. The summed E-state index contributed by atoms with van der Waals surface area (Å²) in [6, 6.07) is 14.4. The van der Waals surface area contributed by atoms with Crippen molar-refractivity contribution in [3.05, 3.63) is 93.6 Å². The maximum absolute atomic E-state index is 12.1. The van der Waals surface area contributed by atoms with Crippen molar-refractivity contribution >= 4 is 23.8 Å². The van der Waals surface area contributed by atoms with E-state index in [9.17, 15) is 24.9 Å². The van der Waals surface area contributed by atoms with E-state index < -0.39 is 5.97 Å². The summed E-state index contributed by atoms with van der Waals surface area (Å²) in [5.41, 5.74) is 5.15. The summed E-state index contributed by atoms with van der Waals surface area (Å²) in [7, 11) is 0. The first-order valence-electron chi connectivity index (χ1n) is 16.2. The van der Waals surface area contributed by atoms with Gasteiger partial charge in [0.25, 0.3) is 0 Å². The maximum Gasteiger partial charge on any atom is 0.341 e. The molecule has 4 rings (SSSR count). The second kappa shape index (κ2) is 18.8. The highest BCUT2D eigenvalue weighted by Gasteiger charge is 2.19. The number of carboxylic acids is 1. The number of aryl methyl sites for hydroxylation is 6. The molecule has 5 N–H and O–H groups in total. The molecular weight excluding hydrogens is 612 g/mol. The molecule has 0 amide bonds. The molecule has 4 aromatic rings. The molecule has 12 nitrogen and oxygen atoms in total. The predicted octanol–water partition coefficient (Wildman–Crippen LogP) is 6.07. The van der Waals surface area contributed by atoms with E-state index in [2.05, 4.69) is 30.6 Å². The van der Waals surface area contributed by atoms with Crippen LogP contribution < -0.4 is 10.6 Å². The average Bonchev–Trinajstić information content (AvgIpc) is 3.04. The first kappa shape index (κ1) is 37.2. The van der Waals surface area contributed by atoms with E-state index >= 15 is 0 Å². The van der Waals surface area contributed by atoms with Crippen molar-refractivity contribution in [3.63, 3.8) is 0 Å². The van der Waals surface area contributed by atoms with Gasteiger partial charge in [-0.05, 0) is 94.7 Å². The number of nitrogens with zero attached hydrogens (tertiary/aromatic N) is 4. The smallest absolute Gasteiger partial charge is 0.341 e. The van der Waals surface area contributed by atoms with Gasteiger partial charge in [0, 0.05) is 13.1 Å². The number of anilines is 2. The van der Waals surface area contributed by atoms with Gasteiger partial charge < -0.3 is 30.7 Å². The average molecular weight is 659 g/mol. The van der Waals surface area contributed by atoms with E-state index in [1.807, 2.05) is 38.1 Å². The Balaban J connectivity index is 0.000000261. The Kier molecular flexibility index (Phi) is 14.6. The van der Waals surface area contributed by atoms with Crippen LogP contribution in [0.5, 0.6) is 11.5 Å². The molecule has 48 heavy (non-hydrogen) atoms. The zero-order valence-corrected chi connectivity index (χ0v) is 28.3. The van der Waals surface area contributed by atoms with E-state index in [0.717, 1.165) is 36.8 Å². The normalized spacial score (nSPS) is 10.5.